The monoisotopic (exact) mass is 361 g/mol. The Morgan fingerprint density at radius 2 is 1.85 bits per heavy atom. The third-order valence-corrected chi connectivity index (χ3v) is 5.10. The highest BCUT2D eigenvalue weighted by atomic mass is 16.5. The van der Waals surface area contributed by atoms with Crippen molar-refractivity contribution in [2.45, 2.75) is 25.8 Å². The first kappa shape index (κ1) is 17.3. The number of aromatic amines is 1. The molecular weight excluding hydrogens is 338 g/mol. The van der Waals surface area contributed by atoms with Crippen molar-refractivity contribution in [1.82, 2.24) is 15.1 Å². The van der Waals surface area contributed by atoms with Crippen LogP contribution >= 0.6 is 0 Å². The van der Waals surface area contributed by atoms with E-state index >= 15 is 0 Å². The molecule has 1 aliphatic rings. The van der Waals surface area contributed by atoms with E-state index in [2.05, 4.69) is 17.1 Å². The number of ether oxygens (including phenoxy) is 1. The van der Waals surface area contributed by atoms with Crippen LogP contribution in [-0.2, 0) is 0 Å². The minimum absolute atomic E-state index is 0.0222. The van der Waals surface area contributed by atoms with Gasteiger partial charge in [-0.05, 0) is 24.1 Å². The van der Waals surface area contributed by atoms with Gasteiger partial charge in [0.1, 0.15) is 11.4 Å². The van der Waals surface area contributed by atoms with E-state index in [1.54, 1.807) is 7.11 Å². The number of hydrogen-bond acceptors (Lipinski definition) is 3. The number of carbonyl (C=O) groups is 1. The van der Waals surface area contributed by atoms with Crippen LogP contribution in [0.3, 0.4) is 0 Å². The second kappa shape index (κ2) is 7.27. The van der Waals surface area contributed by atoms with Gasteiger partial charge in [0.05, 0.1) is 18.8 Å². The molecule has 1 aliphatic heterocycles. The van der Waals surface area contributed by atoms with Crippen LogP contribution in [0.15, 0.2) is 54.6 Å². The molecule has 2 aromatic carbocycles. The zero-order valence-corrected chi connectivity index (χ0v) is 15.6. The number of methoxy groups -OCH3 is 1. The Kier molecular flexibility index (Phi) is 4.67. The van der Waals surface area contributed by atoms with Gasteiger partial charge in [-0.1, -0.05) is 55.8 Å². The Hall–Kier alpha value is -3.08. The molecule has 5 heteroatoms. The molecule has 4 rings (SSSR count). The fourth-order valence-corrected chi connectivity index (χ4v) is 3.70. The van der Waals surface area contributed by atoms with Crippen molar-refractivity contribution >= 4 is 5.91 Å². The normalized spacial score (nSPS) is 15.9. The predicted octanol–water partition coefficient (Wildman–Crippen LogP) is 4.43. The maximum absolute atomic E-state index is 13.1. The topological polar surface area (TPSA) is 58.2 Å². The Morgan fingerprint density at radius 3 is 2.52 bits per heavy atom. The molecule has 1 N–H and O–H groups in total. The lowest BCUT2D eigenvalue weighted by molar-refractivity contribution is 0.0741. The van der Waals surface area contributed by atoms with Crippen molar-refractivity contribution in [2.24, 2.45) is 0 Å². The highest BCUT2D eigenvalue weighted by Gasteiger charge is 2.41. The first-order valence-corrected chi connectivity index (χ1v) is 9.33. The lowest BCUT2D eigenvalue weighted by atomic mass is 9.96. The highest BCUT2D eigenvalue weighted by molar-refractivity contribution is 6.00. The van der Waals surface area contributed by atoms with Gasteiger partial charge in [-0.3, -0.25) is 9.89 Å². The SMILES string of the molecule is CCCCN1C(=O)c2[nH]nc(-c3ccccc3)c2C1c1ccc(OC)cc1. The molecule has 3 aromatic rings. The Morgan fingerprint density at radius 1 is 1.11 bits per heavy atom. The maximum Gasteiger partial charge on any atom is 0.273 e. The molecule has 1 unspecified atom stereocenters. The van der Waals surface area contributed by atoms with Crippen LogP contribution in [0.1, 0.15) is 47.4 Å². The first-order valence-electron chi connectivity index (χ1n) is 9.33. The molecule has 1 aromatic heterocycles. The number of carbonyl (C=O) groups excluding carboxylic acids is 1. The summed E-state index contributed by atoms with van der Waals surface area (Å²) in [5.74, 6) is 0.827. The second-order valence-electron chi connectivity index (χ2n) is 6.75. The molecule has 0 saturated heterocycles. The van der Waals surface area contributed by atoms with Gasteiger partial charge in [-0.15, -0.1) is 0 Å². The zero-order valence-electron chi connectivity index (χ0n) is 15.6. The number of aromatic nitrogens is 2. The number of amides is 1. The summed E-state index contributed by atoms with van der Waals surface area (Å²) in [6.07, 6.45) is 2.01. The molecule has 0 fully saturated rings. The minimum atomic E-state index is -0.140. The maximum atomic E-state index is 13.1. The lowest BCUT2D eigenvalue weighted by Gasteiger charge is -2.26. The van der Waals surface area contributed by atoms with Crippen LogP contribution in [0.25, 0.3) is 11.3 Å². The standard InChI is InChI=1S/C22H23N3O2/c1-3-4-14-25-21(16-10-12-17(27-2)13-11-16)18-19(15-8-6-5-7-9-15)23-24-20(18)22(25)26/h5-13,21H,3-4,14H2,1-2H3,(H,23,24). The Labute approximate surface area is 159 Å². The van der Waals surface area contributed by atoms with Crippen molar-refractivity contribution in [1.29, 1.82) is 0 Å². The average molecular weight is 361 g/mol. The first-order chi connectivity index (χ1) is 13.2. The molecule has 0 spiro atoms. The molecule has 0 aliphatic carbocycles. The highest BCUT2D eigenvalue weighted by Crippen LogP contribution is 2.43. The molecular formula is C22H23N3O2. The van der Waals surface area contributed by atoms with Crippen LogP contribution in [-0.4, -0.2) is 34.7 Å². The molecule has 1 amide bonds. The van der Waals surface area contributed by atoms with Crippen LogP contribution in [0.4, 0.5) is 0 Å². The van der Waals surface area contributed by atoms with E-state index in [9.17, 15) is 4.79 Å². The Balaban J connectivity index is 1.83. The number of H-pyrrole nitrogens is 1. The minimum Gasteiger partial charge on any atom is -0.497 e. The van der Waals surface area contributed by atoms with Gasteiger partial charge in [0.25, 0.3) is 5.91 Å². The number of nitrogens with zero attached hydrogens (tertiary/aromatic N) is 2. The molecule has 138 valence electrons. The van der Waals surface area contributed by atoms with Gasteiger partial charge < -0.3 is 9.64 Å². The summed E-state index contributed by atoms with van der Waals surface area (Å²) in [7, 11) is 1.66. The summed E-state index contributed by atoms with van der Waals surface area (Å²) in [5.41, 5.74) is 4.49. The molecule has 0 bridgehead atoms. The van der Waals surface area contributed by atoms with Crippen LogP contribution in [0.2, 0.25) is 0 Å². The molecule has 2 heterocycles. The number of nitrogens with one attached hydrogen (secondary N) is 1. The number of rotatable bonds is 6. The van der Waals surface area contributed by atoms with E-state index in [0.717, 1.165) is 47.5 Å². The molecule has 5 nitrogen and oxygen atoms in total. The molecule has 27 heavy (non-hydrogen) atoms. The number of unbranched alkanes of at least 4 members (excludes halogenated alkanes) is 1. The van der Waals surface area contributed by atoms with Crippen LogP contribution in [0.5, 0.6) is 5.75 Å². The number of fused-ring (bicyclic) bond motifs is 1. The fourth-order valence-electron chi connectivity index (χ4n) is 3.70. The van der Waals surface area contributed by atoms with Crippen LogP contribution < -0.4 is 4.74 Å². The van der Waals surface area contributed by atoms with Gasteiger partial charge >= 0.3 is 0 Å². The van der Waals surface area contributed by atoms with E-state index in [1.807, 2.05) is 59.5 Å². The molecule has 0 saturated carbocycles. The van der Waals surface area contributed by atoms with E-state index in [1.165, 1.54) is 0 Å². The largest absolute Gasteiger partial charge is 0.497 e. The fraction of sp³-hybridized carbons (Fsp3) is 0.273. The van der Waals surface area contributed by atoms with E-state index in [0.29, 0.717) is 5.69 Å². The van der Waals surface area contributed by atoms with Crippen molar-refractivity contribution in [3.8, 4) is 17.0 Å². The van der Waals surface area contributed by atoms with Crippen molar-refractivity contribution < 1.29 is 9.53 Å². The summed E-state index contributed by atoms with van der Waals surface area (Å²) in [5, 5.41) is 7.48. The summed E-state index contributed by atoms with van der Waals surface area (Å²) in [6, 6.07) is 17.8. The third kappa shape index (κ3) is 2.99. The summed E-state index contributed by atoms with van der Waals surface area (Å²) >= 11 is 0. The summed E-state index contributed by atoms with van der Waals surface area (Å²) in [6.45, 7) is 2.86. The smallest absolute Gasteiger partial charge is 0.273 e. The summed E-state index contributed by atoms with van der Waals surface area (Å²) < 4.78 is 5.29. The number of benzene rings is 2. The van der Waals surface area contributed by atoms with Gasteiger partial charge in [0, 0.05) is 17.7 Å². The van der Waals surface area contributed by atoms with Gasteiger partial charge in [-0.2, -0.15) is 5.10 Å². The zero-order chi connectivity index (χ0) is 18.8. The van der Waals surface area contributed by atoms with E-state index < -0.39 is 0 Å². The molecule has 1 atom stereocenters. The van der Waals surface area contributed by atoms with Gasteiger partial charge in [0.15, 0.2) is 0 Å². The van der Waals surface area contributed by atoms with Crippen molar-refractivity contribution in [3.63, 3.8) is 0 Å². The third-order valence-electron chi connectivity index (χ3n) is 5.10. The molecule has 0 radical (unpaired) electrons. The van der Waals surface area contributed by atoms with E-state index in [4.69, 9.17) is 4.74 Å². The van der Waals surface area contributed by atoms with E-state index in [-0.39, 0.29) is 11.9 Å². The van der Waals surface area contributed by atoms with Gasteiger partial charge in [0.2, 0.25) is 0 Å². The van der Waals surface area contributed by atoms with Gasteiger partial charge in [-0.25, -0.2) is 0 Å². The second-order valence-corrected chi connectivity index (χ2v) is 6.75. The van der Waals surface area contributed by atoms with Crippen molar-refractivity contribution in [3.05, 3.63) is 71.4 Å². The lowest BCUT2D eigenvalue weighted by Crippen LogP contribution is -2.30. The summed E-state index contributed by atoms with van der Waals surface area (Å²) in [4.78, 5) is 15.0. The quantitative estimate of drug-likeness (QED) is 0.706. The van der Waals surface area contributed by atoms with Crippen molar-refractivity contribution in [2.75, 3.05) is 13.7 Å². The average Bonchev–Trinajstić information content (AvgIpc) is 3.26. The number of hydrogen-bond donors (Lipinski definition) is 1. The van der Waals surface area contributed by atoms with Crippen LogP contribution in [0, 0.1) is 0 Å². The Bertz CT molecular complexity index is 932. The predicted molar refractivity (Wildman–Crippen MR) is 105 cm³/mol.